The minimum Gasteiger partial charge on any atom is -0.166 e. The van der Waals surface area contributed by atoms with Crippen molar-refractivity contribution in [3.05, 3.63) is 34.9 Å². The van der Waals surface area contributed by atoms with E-state index in [1.807, 2.05) is 6.92 Å². The zero-order valence-electron chi connectivity index (χ0n) is 8.20. The van der Waals surface area contributed by atoms with Crippen molar-refractivity contribution in [1.29, 1.82) is 0 Å². The molecule has 0 aromatic heterocycles. The molecule has 0 heterocycles. The lowest BCUT2D eigenvalue weighted by Gasteiger charge is -2.12. The Morgan fingerprint density at radius 2 is 1.86 bits per heavy atom. The second-order valence-corrected chi connectivity index (χ2v) is 3.10. The molecule has 1 radical (unpaired) electrons. The van der Waals surface area contributed by atoms with E-state index >= 15 is 0 Å². The molecule has 0 aliphatic rings. The lowest BCUT2D eigenvalue weighted by Crippen LogP contribution is -2.09. The Hall–Kier alpha value is -0.990. The molecule has 0 unspecified atom stereocenters. The van der Waals surface area contributed by atoms with Crippen molar-refractivity contribution in [3.8, 4) is 0 Å². The maximum atomic E-state index is 12.5. The smallest absolute Gasteiger partial charge is 0.166 e. The van der Waals surface area contributed by atoms with Crippen LogP contribution in [0, 0.1) is 6.07 Å². The van der Waals surface area contributed by atoms with E-state index in [0.29, 0.717) is 24.0 Å². The van der Waals surface area contributed by atoms with E-state index in [0.717, 1.165) is 0 Å². The normalized spacial score (nSPS) is 11.8. The van der Waals surface area contributed by atoms with Crippen LogP contribution in [-0.4, -0.2) is 0 Å². The molecule has 0 spiro atoms. The molecule has 0 aliphatic heterocycles. The first kappa shape index (κ1) is 11.1. The first-order chi connectivity index (χ1) is 6.49. The van der Waals surface area contributed by atoms with Gasteiger partial charge in [0.25, 0.3) is 0 Å². The quantitative estimate of drug-likeness (QED) is 0.685. The third kappa shape index (κ3) is 2.28. The molecule has 14 heavy (non-hydrogen) atoms. The van der Waals surface area contributed by atoms with Gasteiger partial charge in [-0.3, -0.25) is 0 Å². The van der Waals surface area contributed by atoms with E-state index in [4.69, 9.17) is 0 Å². The molecule has 0 saturated carbocycles. The number of hydrogen-bond donors (Lipinski definition) is 0. The number of alkyl halides is 3. The monoisotopic (exact) mass is 201 g/mol. The third-order valence-electron chi connectivity index (χ3n) is 2.16. The first-order valence-electron chi connectivity index (χ1n) is 4.59. The van der Waals surface area contributed by atoms with Crippen molar-refractivity contribution in [2.24, 2.45) is 0 Å². The molecule has 0 nitrogen and oxygen atoms in total. The largest absolute Gasteiger partial charge is 0.416 e. The van der Waals surface area contributed by atoms with Gasteiger partial charge in [-0.25, -0.2) is 0 Å². The van der Waals surface area contributed by atoms with Crippen molar-refractivity contribution in [2.75, 3.05) is 0 Å². The van der Waals surface area contributed by atoms with Crippen LogP contribution in [0.2, 0.25) is 0 Å². The summed E-state index contributed by atoms with van der Waals surface area (Å²) in [6.07, 6.45) is -3.28. The maximum Gasteiger partial charge on any atom is 0.416 e. The third-order valence-corrected chi connectivity index (χ3v) is 2.16. The summed E-state index contributed by atoms with van der Waals surface area (Å²) in [4.78, 5) is 0. The highest BCUT2D eigenvalue weighted by Gasteiger charge is 2.32. The second-order valence-electron chi connectivity index (χ2n) is 3.10. The predicted octanol–water partition coefficient (Wildman–Crippen LogP) is 3.63. The van der Waals surface area contributed by atoms with Gasteiger partial charge in [0.15, 0.2) is 0 Å². The Labute approximate surface area is 81.8 Å². The molecule has 0 fully saturated rings. The Morgan fingerprint density at radius 3 is 2.29 bits per heavy atom. The Kier molecular flexibility index (Phi) is 3.19. The molecule has 1 rings (SSSR count). The average Bonchev–Trinajstić information content (AvgIpc) is 2.15. The number of hydrogen-bond acceptors (Lipinski definition) is 0. The summed E-state index contributed by atoms with van der Waals surface area (Å²) in [6.45, 7) is 3.53. The van der Waals surface area contributed by atoms with Crippen molar-refractivity contribution < 1.29 is 13.2 Å². The van der Waals surface area contributed by atoms with Crippen LogP contribution < -0.4 is 0 Å². The van der Waals surface area contributed by atoms with Gasteiger partial charge < -0.3 is 0 Å². The SMILES string of the molecule is CCc1[c]cc(CC)c(C(F)(F)F)c1. The van der Waals surface area contributed by atoms with Gasteiger partial charge in [-0.2, -0.15) is 13.2 Å². The summed E-state index contributed by atoms with van der Waals surface area (Å²) in [5.74, 6) is 0. The van der Waals surface area contributed by atoms with Gasteiger partial charge >= 0.3 is 6.18 Å². The fraction of sp³-hybridized carbons (Fsp3) is 0.455. The average molecular weight is 201 g/mol. The van der Waals surface area contributed by atoms with Gasteiger partial charge in [0.1, 0.15) is 0 Å². The van der Waals surface area contributed by atoms with E-state index in [1.165, 1.54) is 12.1 Å². The molecule has 1 aromatic carbocycles. The highest BCUT2D eigenvalue weighted by atomic mass is 19.4. The zero-order chi connectivity index (χ0) is 10.8. The predicted molar refractivity (Wildman–Crippen MR) is 49.0 cm³/mol. The molecule has 0 amide bonds. The summed E-state index contributed by atoms with van der Waals surface area (Å²) < 4.78 is 37.6. The number of benzene rings is 1. The number of rotatable bonds is 2. The molecule has 1 aromatic rings. The Bertz CT molecular complexity index is 313. The molecular formula is C11H12F3. The number of aryl methyl sites for hydroxylation is 2. The van der Waals surface area contributed by atoms with Crippen LogP contribution in [0.15, 0.2) is 12.1 Å². The van der Waals surface area contributed by atoms with E-state index < -0.39 is 11.7 Å². The number of halogens is 3. The van der Waals surface area contributed by atoms with Crippen LogP contribution in [-0.2, 0) is 19.0 Å². The molecule has 0 N–H and O–H groups in total. The zero-order valence-corrected chi connectivity index (χ0v) is 8.20. The van der Waals surface area contributed by atoms with Crippen molar-refractivity contribution in [2.45, 2.75) is 32.9 Å². The fourth-order valence-electron chi connectivity index (χ4n) is 1.33. The van der Waals surface area contributed by atoms with Gasteiger partial charge in [0.05, 0.1) is 5.56 Å². The fourth-order valence-corrected chi connectivity index (χ4v) is 1.33. The van der Waals surface area contributed by atoms with Crippen LogP contribution >= 0.6 is 0 Å². The molecule has 0 atom stereocenters. The van der Waals surface area contributed by atoms with E-state index in [-0.39, 0.29) is 0 Å². The summed E-state index contributed by atoms with van der Waals surface area (Å²) in [6, 6.07) is 5.49. The van der Waals surface area contributed by atoms with Gasteiger partial charge in [-0.05, 0) is 36.1 Å². The lowest BCUT2D eigenvalue weighted by atomic mass is 10.0. The molecule has 0 saturated heterocycles. The summed E-state index contributed by atoms with van der Waals surface area (Å²) in [5.41, 5.74) is 0.403. The van der Waals surface area contributed by atoms with Gasteiger partial charge in [0, 0.05) is 0 Å². The minimum absolute atomic E-state index is 0.315. The van der Waals surface area contributed by atoms with Crippen molar-refractivity contribution >= 4 is 0 Å². The molecule has 0 bridgehead atoms. The van der Waals surface area contributed by atoms with Gasteiger partial charge in [-0.15, -0.1) is 0 Å². The molecular weight excluding hydrogens is 189 g/mol. The minimum atomic E-state index is -4.25. The first-order valence-corrected chi connectivity index (χ1v) is 4.59. The second kappa shape index (κ2) is 4.03. The van der Waals surface area contributed by atoms with Crippen LogP contribution in [0.25, 0.3) is 0 Å². The summed E-state index contributed by atoms with van der Waals surface area (Å²) >= 11 is 0. The standard InChI is InChI=1S/C11H12F3/c1-3-8-5-6-9(4-2)10(7-8)11(12,13)14/h6-7H,3-4H2,1-2H3. The maximum absolute atomic E-state index is 12.5. The molecule has 3 heteroatoms. The Balaban J connectivity index is 3.22. The van der Waals surface area contributed by atoms with Crippen LogP contribution in [0.5, 0.6) is 0 Å². The van der Waals surface area contributed by atoms with E-state index in [1.54, 1.807) is 6.92 Å². The molecule has 0 aliphatic carbocycles. The van der Waals surface area contributed by atoms with Gasteiger partial charge in [0.2, 0.25) is 0 Å². The topological polar surface area (TPSA) is 0 Å². The lowest BCUT2D eigenvalue weighted by molar-refractivity contribution is -0.138. The van der Waals surface area contributed by atoms with Crippen LogP contribution in [0.4, 0.5) is 13.2 Å². The van der Waals surface area contributed by atoms with Crippen molar-refractivity contribution in [1.82, 2.24) is 0 Å². The summed E-state index contributed by atoms with van der Waals surface area (Å²) in [5, 5.41) is 0. The van der Waals surface area contributed by atoms with Crippen molar-refractivity contribution in [3.63, 3.8) is 0 Å². The van der Waals surface area contributed by atoms with E-state index in [9.17, 15) is 13.2 Å². The van der Waals surface area contributed by atoms with Crippen LogP contribution in [0.3, 0.4) is 0 Å². The highest BCUT2D eigenvalue weighted by Crippen LogP contribution is 2.32. The van der Waals surface area contributed by atoms with Crippen LogP contribution in [0.1, 0.15) is 30.5 Å². The highest BCUT2D eigenvalue weighted by molar-refractivity contribution is 5.33. The van der Waals surface area contributed by atoms with E-state index in [2.05, 4.69) is 6.07 Å². The summed E-state index contributed by atoms with van der Waals surface area (Å²) in [7, 11) is 0. The van der Waals surface area contributed by atoms with Gasteiger partial charge in [-0.1, -0.05) is 19.9 Å². The Morgan fingerprint density at radius 1 is 1.21 bits per heavy atom. The molecule has 77 valence electrons.